The monoisotopic (exact) mass is 554 g/mol. The topological polar surface area (TPSA) is 87.5 Å². The number of aryl methyl sites for hydroxylation is 1. The average Bonchev–Trinajstić information content (AvgIpc) is 3.30. The Bertz CT molecular complexity index is 1220. The molecule has 214 valence electrons. The summed E-state index contributed by atoms with van der Waals surface area (Å²) in [7, 11) is -4.04. The van der Waals surface area contributed by atoms with Crippen LogP contribution >= 0.6 is 0 Å². The number of hydrogen-bond donors (Lipinski definition) is 2. The number of imidazole rings is 1. The minimum absolute atomic E-state index is 0.197. The van der Waals surface area contributed by atoms with Crippen molar-refractivity contribution in [1.29, 1.82) is 0 Å². The predicted octanol–water partition coefficient (Wildman–Crippen LogP) is 6.91. The number of benzene rings is 2. The van der Waals surface area contributed by atoms with Crippen LogP contribution in [0.1, 0.15) is 101 Å². The van der Waals surface area contributed by atoms with Gasteiger partial charge in [-0.15, -0.1) is 0 Å². The van der Waals surface area contributed by atoms with Crippen LogP contribution in [0.25, 0.3) is 11.0 Å². The van der Waals surface area contributed by atoms with E-state index in [4.69, 9.17) is 9.54 Å². The number of rotatable bonds is 17. The van der Waals surface area contributed by atoms with Crippen molar-refractivity contribution in [3.05, 3.63) is 66.0 Å². The van der Waals surface area contributed by atoms with Crippen LogP contribution < -0.4 is 4.72 Å². The molecule has 1 saturated heterocycles. The summed E-state index contributed by atoms with van der Waals surface area (Å²) in [6.45, 7) is 3.58. The number of nitrogens with one attached hydrogen (secondary N) is 1. The van der Waals surface area contributed by atoms with E-state index in [9.17, 15) is 8.42 Å². The molecule has 0 aliphatic carbocycles. The third kappa shape index (κ3) is 9.41. The van der Waals surface area contributed by atoms with Crippen LogP contribution in [0.5, 0.6) is 0 Å². The molecule has 8 heteroatoms. The zero-order chi connectivity index (χ0) is 27.3. The molecule has 1 atom stereocenters. The summed E-state index contributed by atoms with van der Waals surface area (Å²) in [6, 6.07) is 19.7. The van der Waals surface area contributed by atoms with E-state index in [1.165, 1.54) is 74.7 Å². The van der Waals surface area contributed by atoms with Gasteiger partial charge in [-0.3, -0.25) is 9.45 Å². The lowest BCUT2D eigenvalue weighted by atomic mass is 10.0. The fraction of sp³-hybridized carbons (Fsp3) is 0.581. The van der Waals surface area contributed by atoms with Gasteiger partial charge in [0.05, 0.1) is 17.1 Å². The Balaban J connectivity index is 1.27. The molecule has 7 nitrogen and oxygen atoms in total. The number of nitrogens with zero attached hydrogens (tertiary/aromatic N) is 3. The maximum atomic E-state index is 10.6. The third-order valence-corrected chi connectivity index (χ3v) is 8.46. The molecule has 2 aromatic carbocycles. The lowest BCUT2D eigenvalue weighted by Gasteiger charge is -2.34. The zero-order valence-electron chi connectivity index (χ0n) is 23.3. The summed E-state index contributed by atoms with van der Waals surface area (Å²) < 4.78 is 34.6. The summed E-state index contributed by atoms with van der Waals surface area (Å²) >= 11 is 0. The van der Waals surface area contributed by atoms with E-state index in [1.807, 2.05) is 0 Å². The molecule has 1 fully saturated rings. The molecule has 2 N–H and O–H groups in total. The van der Waals surface area contributed by atoms with E-state index in [2.05, 4.69) is 68.8 Å². The van der Waals surface area contributed by atoms with E-state index in [0.717, 1.165) is 50.8 Å². The Hall–Kier alpha value is -2.26. The standard InChI is InChI=1S/C31H46N4O3S/c36-39(37,38)32-23-15-7-5-3-1-2-4-6-8-18-26-35-29-22-14-13-21-28(29)33-31(35)30(27-19-11-9-12-20-27)34-24-16-10-17-25-34/h9,11-14,19-22,30,32H,1-8,10,15-18,23-26H2,(H,36,37,38). The molecule has 3 aromatic rings. The van der Waals surface area contributed by atoms with Gasteiger partial charge in [-0.1, -0.05) is 100 Å². The SMILES string of the molecule is O=S(=O)(O)NCCCCCCCCCCCCn1c(C(c2ccccc2)N2CCCCC2)nc2ccccc21. The fourth-order valence-electron chi connectivity index (χ4n) is 5.88. The molecule has 1 aliphatic rings. The first-order valence-corrected chi connectivity index (χ1v) is 16.4. The van der Waals surface area contributed by atoms with Gasteiger partial charge < -0.3 is 4.57 Å². The molecule has 4 rings (SSSR count). The van der Waals surface area contributed by atoms with Crippen LogP contribution in [-0.4, -0.2) is 47.1 Å². The second-order valence-electron chi connectivity index (χ2n) is 10.9. The Kier molecular flexibility index (Phi) is 11.8. The van der Waals surface area contributed by atoms with Gasteiger partial charge in [0, 0.05) is 13.1 Å². The molecule has 0 bridgehead atoms. The minimum Gasteiger partial charge on any atom is -0.326 e. The largest absolute Gasteiger partial charge is 0.333 e. The predicted molar refractivity (Wildman–Crippen MR) is 159 cm³/mol. The molecule has 0 radical (unpaired) electrons. The highest BCUT2D eigenvalue weighted by Crippen LogP contribution is 2.33. The Morgan fingerprint density at radius 2 is 1.36 bits per heavy atom. The first-order chi connectivity index (χ1) is 19.0. The number of likely N-dealkylation sites (tertiary alicyclic amines) is 1. The van der Waals surface area contributed by atoms with Crippen LogP contribution in [0.2, 0.25) is 0 Å². The average molecular weight is 555 g/mol. The van der Waals surface area contributed by atoms with Crippen molar-refractivity contribution >= 4 is 21.3 Å². The lowest BCUT2D eigenvalue weighted by molar-refractivity contribution is 0.179. The van der Waals surface area contributed by atoms with Crippen LogP contribution in [-0.2, 0) is 16.8 Å². The fourth-order valence-corrected chi connectivity index (χ4v) is 6.29. The summed E-state index contributed by atoms with van der Waals surface area (Å²) in [5, 5.41) is 0. The first-order valence-electron chi connectivity index (χ1n) is 15.0. The molecule has 1 aromatic heterocycles. The van der Waals surface area contributed by atoms with Crippen LogP contribution in [0.3, 0.4) is 0 Å². The molecule has 0 spiro atoms. The van der Waals surface area contributed by atoms with Gasteiger partial charge in [-0.05, 0) is 56.5 Å². The van der Waals surface area contributed by atoms with Gasteiger partial charge in [0.25, 0.3) is 0 Å². The van der Waals surface area contributed by atoms with Crippen molar-refractivity contribution in [1.82, 2.24) is 19.2 Å². The van der Waals surface area contributed by atoms with E-state index < -0.39 is 10.3 Å². The van der Waals surface area contributed by atoms with Crippen molar-refractivity contribution in [2.45, 2.75) is 96.1 Å². The van der Waals surface area contributed by atoms with Gasteiger partial charge in [0.2, 0.25) is 0 Å². The number of piperidine rings is 1. The van der Waals surface area contributed by atoms with Crippen LogP contribution in [0.4, 0.5) is 0 Å². The zero-order valence-corrected chi connectivity index (χ0v) is 24.1. The number of hydrogen-bond acceptors (Lipinski definition) is 4. The van der Waals surface area contributed by atoms with Gasteiger partial charge in [-0.2, -0.15) is 13.1 Å². The highest BCUT2D eigenvalue weighted by atomic mass is 32.2. The molecule has 0 amide bonds. The molecular weight excluding hydrogens is 508 g/mol. The smallest absolute Gasteiger partial charge is 0.326 e. The normalized spacial score (nSPS) is 15.6. The summed E-state index contributed by atoms with van der Waals surface area (Å²) in [6.07, 6.45) is 15.3. The Morgan fingerprint density at radius 1 is 0.769 bits per heavy atom. The van der Waals surface area contributed by atoms with Crippen LogP contribution in [0.15, 0.2) is 54.6 Å². The number of aromatic nitrogens is 2. The van der Waals surface area contributed by atoms with Crippen molar-refractivity contribution in [2.24, 2.45) is 0 Å². The van der Waals surface area contributed by atoms with E-state index in [1.54, 1.807) is 0 Å². The second-order valence-corrected chi connectivity index (χ2v) is 12.2. The molecule has 2 heterocycles. The number of unbranched alkanes of at least 4 members (excludes halogenated alkanes) is 9. The number of fused-ring (bicyclic) bond motifs is 1. The summed E-state index contributed by atoms with van der Waals surface area (Å²) in [4.78, 5) is 7.87. The number of para-hydroxylation sites is 2. The van der Waals surface area contributed by atoms with E-state index in [-0.39, 0.29) is 6.04 Å². The molecule has 1 aliphatic heterocycles. The third-order valence-electron chi connectivity index (χ3n) is 7.89. The minimum atomic E-state index is -4.04. The maximum absolute atomic E-state index is 10.6. The highest BCUT2D eigenvalue weighted by molar-refractivity contribution is 7.83. The van der Waals surface area contributed by atoms with Gasteiger partial charge in [-0.25, -0.2) is 4.98 Å². The van der Waals surface area contributed by atoms with Gasteiger partial charge in [0.15, 0.2) is 0 Å². The van der Waals surface area contributed by atoms with Gasteiger partial charge in [0.1, 0.15) is 5.82 Å². The van der Waals surface area contributed by atoms with Crippen molar-refractivity contribution in [3.8, 4) is 0 Å². The van der Waals surface area contributed by atoms with Crippen molar-refractivity contribution in [3.63, 3.8) is 0 Å². The van der Waals surface area contributed by atoms with E-state index >= 15 is 0 Å². The first kappa shape index (κ1) is 29.7. The van der Waals surface area contributed by atoms with Crippen LogP contribution in [0, 0.1) is 0 Å². The summed E-state index contributed by atoms with van der Waals surface area (Å²) in [5.41, 5.74) is 3.68. The lowest BCUT2D eigenvalue weighted by Crippen LogP contribution is -2.35. The molecular formula is C31H46N4O3S. The van der Waals surface area contributed by atoms with E-state index in [0.29, 0.717) is 6.54 Å². The summed E-state index contributed by atoms with van der Waals surface area (Å²) in [5.74, 6) is 1.19. The maximum Gasteiger partial charge on any atom is 0.333 e. The second kappa shape index (κ2) is 15.5. The van der Waals surface area contributed by atoms with Gasteiger partial charge >= 0.3 is 10.3 Å². The quantitative estimate of drug-likeness (QED) is 0.140. The molecule has 1 unspecified atom stereocenters. The van der Waals surface area contributed by atoms with Crippen molar-refractivity contribution < 1.29 is 13.0 Å². The van der Waals surface area contributed by atoms with Crippen molar-refractivity contribution in [2.75, 3.05) is 19.6 Å². The Morgan fingerprint density at radius 3 is 2.03 bits per heavy atom. The molecule has 39 heavy (non-hydrogen) atoms. The Labute approximate surface area is 234 Å². The molecule has 0 saturated carbocycles. The highest BCUT2D eigenvalue weighted by Gasteiger charge is 2.28.